The summed E-state index contributed by atoms with van der Waals surface area (Å²) in [6.45, 7) is 5.04. The fourth-order valence-corrected chi connectivity index (χ4v) is 15.5. The number of phosphoric acid groups is 2. The Kier molecular flexibility index (Phi) is 80.6. The molecule has 0 aromatic carbocycles. The molecule has 0 aliphatic rings. The molecule has 0 spiro atoms. The van der Waals surface area contributed by atoms with Crippen molar-refractivity contribution in [1.29, 1.82) is 0 Å². The molecule has 0 rings (SSSR count). The van der Waals surface area contributed by atoms with Gasteiger partial charge in [0.25, 0.3) is 0 Å². The molecule has 3 N–H and O–H groups in total. The van der Waals surface area contributed by atoms with Gasteiger partial charge in [-0.1, -0.05) is 432 Å². The quantitative estimate of drug-likeness (QED) is 0.0222. The number of ether oxygens (including phenoxy) is 4. The molecule has 17 nitrogen and oxygen atoms in total. The predicted octanol–water partition coefficient (Wildman–Crippen LogP) is 27.3. The molecule has 0 aromatic heterocycles. The van der Waals surface area contributed by atoms with E-state index in [0.717, 1.165) is 89.9 Å². The first kappa shape index (κ1) is 105. The molecule has 0 fully saturated rings. The molecule has 107 heavy (non-hydrogen) atoms. The van der Waals surface area contributed by atoms with Crippen molar-refractivity contribution in [1.82, 2.24) is 0 Å². The smallest absolute Gasteiger partial charge is 0.462 e. The van der Waals surface area contributed by atoms with Crippen molar-refractivity contribution in [3.8, 4) is 0 Å². The maximum atomic E-state index is 13.2. The molecule has 0 saturated heterocycles. The molecule has 0 aromatic rings. The third kappa shape index (κ3) is 81.9. The fourth-order valence-electron chi connectivity index (χ4n) is 13.9. The number of aliphatic hydroxyl groups excluding tert-OH is 1. The Balaban J connectivity index is 5.17. The third-order valence-electron chi connectivity index (χ3n) is 20.9. The minimum Gasteiger partial charge on any atom is -0.462 e. The summed E-state index contributed by atoms with van der Waals surface area (Å²) in [5.41, 5.74) is 0. The highest BCUT2D eigenvalue weighted by molar-refractivity contribution is 7.47. The van der Waals surface area contributed by atoms with Crippen LogP contribution in [0.25, 0.3) is 0 Å². The second kappa shape index (κ2) is 82.1. The maximum Gasteiger partial charge on any atom is 0.472 e. The fraction of sp³-hybridized carbons (Fsp3) is 0.955. The van der Waals surface area contributed by atoms with E-state index in [2.05, 4.69) is 27.7 Å². The van der Waals surface area contributed by atoms with Crippen LogP contribution in [0.4, 0.5) is 0 Å². The second-order valence-corrected chi connectivity index (χ2v) is 34.5. The van der Waals surface area contributed by atoms with Crippen LogP contribution in [0.5, 0.6) is 0 Å². The van der Waals surface area contributed by atoms with Crippen molar-refractivity contribution in [2.24, 2.45) is 0 Å². The van der Waals surface area contributed by atoms with E-state index in [4.69, 9.17) is 37.0 Å². The maximum absolute atomic E-state index is 13.2. The minimum atomic E-state index is -4.97. The van der Waals surface area contributed by atoms with Gasteiger partial charge in [-0.3, -0.25) is 37.3 Å². The van der Waals surface area contributed by atoms with Crippen LogP contribution in [0.2, 0.25) is 0 Å². The molecule has 0 amide bonds. The van der Waals surface area contributed by atoms with Crippen LogP contribution in [0, 0.1) is 0 Å². The Hall–Kier alpha value is -1.94. The second-order valence-electron chi connectivity index (χ2n) is 31.6. The summed E-state index contributed by atoms with van der Waals surface area (Å²) < 4.78 is 68.9. The zero-order valence-electron chi connectivity index (χ0n) is 70.1. The highest BCUT2D eigenvalue weighted by atomic mass is 31.2. The molecule has 0 radical (unpaired) electrons. The number of unbranched alkanes of at least 4 members (excludes halogenated alkanes) is 63. The zero-order valence-corrected chi connectivity index (χ0v) is 71.9. The van der Waals surface area contributed by atoms with Gasteiger partial charge in [0, 0.05) is 25.7 Å². The van der Waals surface area contributed by atoms with Gasteiger partial charge in [-0.15, -0.1) is 0 Å². The number of rotatable bonds is 89. The zero-order chi connectivity index (χ0) is 78.1. The lowest BCUT2D eigenvalue weighted by Gasteiger charge is -2.21. The number of hydrogen-bond acceptors (Lipinski definition) is 15. The Morgan fingerprint density at radius 1 is 0.224 bits per heavy atom. The van der Waals surface area contributed by atoms with Gasteiger partial charge in [0.05, 0.1) is 26.4 Å². The number of esters is 4. The molecule has 5 atom stereocenters. The third-order valence-corrected chi connectivity index (χ3v) is 22.8. The van der Waals surface area contributed by atoms with Crippen molar-refractivity contribution in [3.63, 3.8) is 0 Å². The Morgan fingerprint density at radius 3 is 0.551 bits per heavy atom. The molecule has 2 unspecified atom stereocenters. The highest BCUT2D eigenvalue weighted by Crippen LogP contribution is 2.45. The normalized spacial score (nSPS) is 13.7. The summed E-state index contributed by atoms with van der Waals surface area (Å²) in [6.07, 6.45) is 78.0. The van der Waals surface area contributed by atoms with E-state index >= 15 is 0 Å². The molecular formula is C88H172O17P2. The summed E-state index contributed by atoms with van der Waals surface area (Å²) in [7, 11) is -9.92. The van der Waals surface area contributed by atoms with Crippen LogP contribution >= 0.6 is 15.6 Å². The number of carbonyl (C=O) groups is 4. The monoisotopic (exact) mass is 1560 g/mol. The summed E-state index contributed by atoms with van der Waals surface area (Å²) in [5, 5.41) is 10.7. The first-order valence-electron chi connectivity index (χ1n) is 45.8. The van der Waals surface area contributed by atoms with Crippen LogP contribution in [0.3, 0.4) is 0 Å². The van der Waals surface area contributed by atoms with Crippen molar-refractivity contribution in [2.75, 3.05) is 39.6 Å². The van der Waals surface area contributed by atoms with Crippen molar-refractivity contribution in [3.05, 3.63) is 0 Å². The average Bonchev–Trinajstić information content (AvgIpc) is 0.911. The molecular weight excluding hydrogens is 1390 g/mol. The first-order chi connectivity index (χ1) is 52.2. The molecule has 0 saturated carbocycles. The lowest BCUT2D eigenvalue weighted by atomic mass is 10.0. The topological polar surface area (TPSA) is 237 Å². The van der Waals surface area contributed by atoms with E-state index in [1.54, 1.807) is 0 Å². The Bertz CT molecular complexity index is 2020. The number of carbonyl (C=O) groups excluding carboxylic acids is 4. The van der Waals surface area contributed by atoms with Crippen LogP contribution < -0.4 is 0 Å². The van der Waals surface area contributed by atoms with E-state index in [1.807, 2.05) is 0 Å². The van der Waals surface area contributed by atoms with Crippen LogP contribution in [-0.4, -0.2) is 96.7 Å². The molecule has 0 aliphatic heterocycles. The largest absolute Gasteiger partial charge is 0.472 e. The van der Waals surface area contributed by atoms with Gasteiger partial charge in [0.1, 0.15) is 19.3 Å². The lowest BCUT2D eigenvalue weighted by molar-refractivity contribution is -0.161. The summed E-state index contributed by atoms with van der Waals surface area (Å²) in [5.74, 6) is -2.10. The van der Waals surface area contributed by atoms with Gasteiger partial charge >= 0.3 is 39.5 Å². The van der Waals surface area contributed by atoms with Crippen LogP contribution in [0.15, 0.2) is 0 Å². The van der Waals surface area contributed by atoms with E-state index in [9.17, 15) is 43.2 Å². The van der Waals surface area contributed by atoms with Gasteiger partial charge in [-0.2, -0.15) is 0 Å². The van der Waals surface area contributed by atoms with E-state index in [0.29, 0.717) is 25.7 Å². The highest BCUT2D eigenvalue weighted by Gasteiger charge is 2.30. The van der Waals surface area contributed by atoms with Gasteiger partial charge in [0.15, 0.2) is 12.2 Å². The van der Waals surface area contributed by atoms with E-state index in [-0.39, 0.29) is 25.7 Å². The summed E-state index contributed by atoms with van der Waals surface area (Å²) in [4.78, 5) is 73.2. The number of phosphoric ester groups is 2. The molecule has 636 valence electrons. The van der Waals surface area contributed by atoms with Crippen molar-refractivity contribution < 1.29 is 80.2 Å². The minimum absolute atomic E-state index is 0.109. The first-order valence-corrected chi connectivity index (χ1v) is 48.8. The molecule has 0 bridgehead atoms. The molecule has 19 heteroatoms. The number of hydrogen-bond donors (Lipinski definition) is 3. The lowest BCUT2D eigenvalue weighted by Crippen LogP contribution is -2.30. The Labute approximate surface area is 658 Å². The van der Waals surface area contributed by atoms with Crippen molar-refractivity contribution >= 4 is 39.5 Å². The molecule has 0 aliphatic carbocycles. The Morgan fingerprint density at radius 2 is 0.374 bits per heavy atom. The number of aliphatic hydroxyl groups is 1. The standard InChI is InChI=1S/C88H172O17P2/c1-5-9-13-17-21-25-28-31-34-37-40-43-45-48-51-54-57-61-65-69-73-86(91)99-79-84(105-88(93)75-71-67-63-59-56-53-50-47-44-41-38-35-32-29-26-22-18-14-10-6-2)81-103-107(96,97)101-77-82(89)76-100-106(94,95)102-80-83(78-98-85(90)72-68-64-60-24-20-16-12-8-4)104-87(92)74-70-66-62-58-55-52-49-46-42-39-36-33-30-27-23-19-15-11-7-3/h82-84,89H,5-81H2,1-4H3,(H,94,95)(H,96,97)/t82-,83+,84+/m0/s1. The van der Waals surface area contributed by atoms with Gasteiger partial charge in [0.2, 0.25) is 0 Å². The van der Waals surface area contributed by atoms with Gasteiger partial charge in [-0.05, 0) is 25.7 Å². The van der Waals surface area contributed by atoms with Crippen LogP contribution in [-0.2, 0) is 65.4 Å². The van der Waals surface area contributed by atoms with Gasteiger partial charge in [-0.25, -0.2) is 9.13 Å². The average molecular weight is 1560 g/mol. The van der Waals surface area contributed by atoms with E-state index in [1.165, 1.54) is 315 Å². The van der Waals surface area contributed by atoms with E-state index < -0.39 is 97.5 Å². The summed E-state index contributed by atoms with van der Waals surface area (Å²) in [6, 6.07) is 0. The van der Waals surface area contributed by atoms with Gasteiger partial charge < -0.3 is 33.8 Å². The predicted molar refractivity (Wildman–Crippen MR) is 442 cm³/mol. The van der Waals surface area contributed by atoms with Crippen molar-refractivity contribution in [2.45, 2.75) is 502 Å². The SMILES string of the molecule is CCCCCCCCCCCCCCCCCCCCCCC(=O)OC[C@H](COP(=O)(O)OC[C@@H](O)COP(=O)(O)OC[C@@H](COC(=O)CCCCCCCCCC)OC(=O)CCCCCCCCCCCCCCCCCCCCC)OC(=O)CCCCCCCCCCCCCCCCCCCCCC. The summed E-state index contributed by atoms with van der Waals surface area (Å²) >= 11 is 0. The molecule has 0 heterocycles. The van der Waals surface area contributed by atoms with Crippen LogP contribution in [0.1, 0.15) is 484 Å².